The summed E-state index contributed by atoms with van der Waals surface area (Å²) in [6, 6.07) is 0. The zero-order valence-corrected chi connectivity index (χ0v) is 5.12. The second kappa shape index (κ2) is 3.83. The highest BCUT2D eigenvalue weighted by molar-refractivity contribution is 5.67. The van der Waals surface area contributed by atoms with Crippen molar-refractivity contribution < 1.29 is 0 Å². The quantitative estimate of drug-likeness (QED) is 0.491. The number of hydrogen-bond donors (Lipinski definition) is 1. The molecule has 0 aliphatic carbocycles. The van der Waals surface area contributed by atoms with E-state index in [1.165, 1.54) is 0 Å². The molecule has 1 N–H and O–H groups in total. The summed E-state index contributed by atoms with van der Waals surface area (Å²) >= 11 is 0. The Morgan fingerprint density at radius 2 is 2.33 bits per heavy atom. The van der Waals surface area contributed by atoms with Crippen molar-refractivity contribution in [1.82, 2.24) is 5.32 Å². The molecule has 3 nitrogen and oxygen atoms in total. The lowest BCUT2D eigenvalue weighted by atomic mass is 10.7. The fourth-order valence-electron chi connectivity index (χ4n) is 0.511. The van der Waals surface area contributed by atoms with E-state index < -0.39 is 0 Å². The summed E-state index contributed by atoms with van der Waals surface area (Å²) in [6.45, 7) is 1.48. The van der Waals surface area contributed by atoms with Gasteiger partial charge in [0.15, 0.2) is 0 Å². The molecule has 0 bridgehead atoms. The summed E-state index contributed by atoms with van der Waals surface area (Å²) in [7, 11) is 0. The van der Waals surface area contributed by atoms with Crippen molar-refractivity contribution >= 4 is 12.4 Å². The summed E-state index contributed by atoms with van der Waals surface area (Å²) in [6.07, 6.45) is 7.12. The van der Waals surface area contributed by atoms with Crippen LogP contribution in [0.15, 0.2) is 22.4 Å². The fraction of sp³-hybridized carbons (Fsp3) is 0.333. The molecule has 0 amide bonds. The third kappa shape index (κ3) is 2.64. The molecule has 3 heteroatoms. The van der Waals surface area contributed by atoms with Gasteiger partial charge in [0.25, 0.3) is 0 Å². The van der Waals surface area contributed by atoms with Crippen molar-refractivity contribution in [3.8, 4) is 0 Å². The van der Waals surface area contributed by atoms with E-state index in [1.807, 2.05) is 6.21 Å². The zero-order valence-electron chi connectivity index (χ0n) is 5.12. The molecule has 9 heavy (non-hydrogen) atoms. The van der Waals surface area contributed by atoms with Gasteiger partial charge in [-0.05, 0) is 0 Å². The zero-order chi connectivity index (χ0) is 6.36. The van der Waals surface area contributed by atoms with E-state index in [4.69, 9.17) is 0 Å². The van der Waals surface area contributed by atoms with Gasteiger partial charge in [0, 0.05) is 31.4 Å². The van der Waals surface area contributed by atoms with Crippen molar-refractivity contribution in [2.45, 2.75) is 0 Å². The lowest BCUT2D eigenvalue weighted by Gasteiger charge is -1.87. The van der Waals surface area contributed by atoms with Crippen molar-refractivity contribution in [2.24, 2.45) is 9.98 Å². The minimum absolute atomic E-state index is 0.687. The average molecular weight is 123 g/mol. The highest BCUT2D eigenvalue weighted by atomic mass is 14.9. The predicted octanol–water partition coefficient (Wildman–Crippen LogP) is 0.202. The Labute approximate surface area is 54.2 Å². The minimum atomic E-state index is 0.687. The molecule has 0 spiro atoms. The topological polar surface area (TPSA) is 36.8 Å². The van der Waals surface area contributed by atoms with Gasteiger partial charge >= 0.3 is 0 Å². The normalized spacial score (nSPS) is 28.4. The van der Waals surface area contributed by atoms with Crippen LogP contribution in [0.1, 0.15) is 0 Å². The van der Waals surface area contributed by atoms with Crippen LogP contribution in [0.2, 0.25) is 0 Å². The first-order valence-corrected chi connectivity index (χ1v) is 2.88. The van der Waals surface area contributed by atoms with Crippen LogP contribution in [0.4, 0.5) is 0 Å². The van der Waals surface area contributed by atoms with E-state index in [0.717, 1.165) is 6.54 Å². The Morgan fingerprint density at radius 1 is 1.33 bits per heavy atom. The van der Waals surface area contributed by atoms with E-state index in [-0.39, 0.29) is 0 Å². The summed E-state index contributed by atoms with van der Waals surface area (Å²) in [5.41, 5.74) is 0. The molecule has 1 aliphatic heterocycles. The third-order valence-electron chi connectivity index (χ3n) is 0.909. The van der Waals surface area contributed by atoms with Gasteiger partial charge in [0.05, 0.1) is 6.54 Å². The molecule has 1 rings (SSSR count). The molecular weight excluding hydrogens is 114 g/mol. The molecule has 1 heterocycles. The van der Waals surface area contributed by atoms with Gasteiger partial charge in [0.2, 0.25) is 0 Å². The SMILES string of the molecule is C1=C\NC/C=N\C\C=N/1. The van der Waals surface area contributed by atoms with Gasteiger partial charge in [-0.3, -0.25) is 9.98 Å². The highest BCUT2D eigenvalue weighted by Crippen LogP contribution is 1.73. The van der Waals surface area contributed by atoms with Gasteiger partial charge in [-0.1, -0.05) is 0 Å². The Kier molecular flexibility index (Phi) is 2.56. The first-order valence-electron chi connectivity index (χ1n) is 2.88. The Bertz CT molecular complexity index is 146. The third-order valence-corrected chi connectivity index (χ3v) is 0.909. The molecule has 0 atom stereocenters. The van der Waals surface area contributed by atoms with Crippen LogP contribution in [-0.2, 0) is 0 Å². The highest BCUT2D eigenvalue weighted by Gasteiger charge is 1.76. The molecule has 0 unspecified atom stereocenters. The molecule has 0 aromatic heterocycles. The number of rotatable bonds is 0. The van der Waals surface area contributed by atoms with Gasteiger partial charge in [-0.25, -0.2) is 0 Å². The van der Waals surface area contributed by atoms with E-state index in [0.29, 0.717) is 6.54 Å². The van der Waals surface area contributed by atoms with Crippen LogP contribution in [0.5, 0.6) is 0 Å². The molecule has 0 aromatic rings. The maximum atomic E-state index is 4.01. The van der Waals surface area contributed by atoms with Gasteiger partial charge in [0.1, 0.15) is 0 Å². The van der Waals surface area contributed by atoms with E-state index in [9.17, 15) is 0 Å². The summed E-state index contributed by atoms with van der Waals surface area (Å²) < 4.78 is 0. The van der Waals surface area contributed by atoms with Gasteiger partial charge in [-0.2, -0.15) is 0 Å². The number of nitrogens with zero attached hydrogens (tertiary/aromatic N) is 2. The molecule has 0 fully saturated rings. The lowest BCUT2D eigenvalue weighted by molar-refractivity contribution is 1.02. The van der Waals surface area contributed by atoms with Crippen molar-refractivity contribution in [1.29, 1.82) is 0 Å². The maximum Gasteiger partial charge on any atom is 0.0739 e. The first-order chi connectivity index (χ1) is 4.50. The number of hydrogen-bond acceptors (Lipinski definition) is 3. The first kappa shape index (κ1) is 6.01. The van der Waals surface area contributed by atoms with Crippen LogP contribution < -0.4 is 5.32 Å². The largest absolute Gasteiger partial charge is 0.385 e. The second-order valence-corrected chi connectivity index (χ2v) is 1.60. The maximum absolute atomic E-state index is 4.01. The predicted molar refractivity (Wildman–Crippen MR) is 39.0 cm³/mol. The Hall–Kier alpha value is -1.12. The second-order valence-electron chi connectivity index (χ2n) is 1.60. The number of aliphatic imine (C=N–C) groups is 2. The summed E-state index contributed by atoms with van der Waals surface area (Å²) in [5.74, 6) is 0. The molecule has 1 aliphatic rings. The van der Waals surface area contributed by atoms with E-state index in [2.05, 4.69) is 15.3 Å². The summed E-state index contributed by atoms with van der Waals surface area (Å²) in [4.78, 5) is 7.92. The lowest BCUT2D eigenvalue weighted by Crippen LogP contribution is -2.07. The molecule has 48 valence electrons. The molecule has 0 aromatic carbocycles. The van der Waals surface area contributed by atoms with E-state index >= 15 is 0 Å². The van der Waals surface area contributed by atoms with Gasteiger partial charge in [-0.15, -0.1) is 0 Å². The Balaban J connectivity index is 2.43. The van der Waals surface area contributed by atoms with Crippen LogP contribution >= 0.6 is 0 Å². The van der Waals surface area contributed by atoms with Crippen molar-refractivity contribution in [3.63, 3.8) is 0 Å². The molecule has 0 saturated carbocycles. The van der Waals surface area contributed by atoms with Crippen LogP contribution in [0, 0.1) is 0 Å². The smallest absolute Gasteiger partial charge is 0.0739 e. The van der Waals surface area contributed by atoms with E-state index in [1.54, 1.807) is 18.6 Å². The van der Waals surface area contributed by atoms with Crippen LogP contribution in [0.25, 0.3) is 0 Å². The van der Waals surface area contributed by atoms with Crippen LogP contribution in [-0.4, -0.2) is 25.5 Å². The van der Waals surface area contributed by atoms with Crippen molar-refractivity contribution in [3.05, 3.63) is 12.4 Å². The van der Waals surface area contributed by atoms with Crippen LogP contribution in [0.3, 0.4) is 0 Å². The summed E-state index contributed by atoms with van der Waals surface area (Å²) in [5, 5.41) is 2.98. The molecule has 0 saturated heterocycles. The fourth-order valence-corrected chi connectivity index (χ4v) is 0.511. The monoisotopic (exact) mass is 123 g/mol. The Morgan fingerprint density at radius 3 is 3.33 bits per heavy atom. The molecular formula is C6H9N3. The number of nitrogens with one attached hydrogen (secondary N) is 1. The minimum Gasteiger partial charge on any atom is -0.385 e. The standard InChI is InChI=1S/C6H9N3/c1-2-8-5-6-9-4-3-7-1/h1-3,6,8H,4-5H2/b2-1-,7-3-,9-6-. The van der Waals surface area contributed by atoms with Crippen molar-refractivity contribution in [2.75, 3.05) is 13.1 Å². The average Bonchev–Trinajstić information content (AvgIpc) is 2.00. The van der Waals surface area contributed by atoms with Gasteiger partial charge < -0.3 is 5.32 Å². The molecule has 0 radical (unpaired) electrons.